The fourth-order valence-electron chi connectivity index (χ4n) is 2.38. The first kappa shape index (κ1) is 8.66. The Hall–Kier alpha value is -0.630. The van der Waals surface area contributed by atoms with Gasteiger partial charge in [0, 0.05) is 15.5 Å². The van der Waals surface area contributed by atoms with Crippen LogP contribution in [0.2, 0.25) is 0 Å². The van der Waals surface area contributed by atoms with Crippen molar-refractivity contribution in [2.24, 2.45) is 5.41 Å². The molecule has 0 amide bonds. The highest BCUT2D eigenvalue weighted by Crippen LogP contribution is 2.54. The van der Waals surface area contributed by atoms with E-state index in [1.807, 2.05) is 12.1 Å². The van der Waals surface area contributed by atoms with Crippen molar-refractivity contribution in [2.45, 2.75) is 25.7 Å². The summed E-state index contributed by atoms with van der Waals surface area (Å²) in [5.74, 6) is 0.389. The summed E-state index contributed by atoms with van der Waals surface area (Å²) in [6.07, 6.45) is 4.37. The van der Waals surface area contributed by atoms with Gasteiger partial charge in [-0.25, -0.2) is 0 Å². The van der Waals surface area contributed by atoms with Crippen LogP contribution in [0.1, 0.15) is 35.2 Å². The lowest BCUT2D eigenvalue weighted by Crippen LogP contribution is -2.23. The first-order chi connectivity index (χ1) is 6.71. The number of rotatable bonds is 0. The standard InChI is InChI=1S/C12H11BrO/c13-9-2-1-8-3-4-12(5-6-12)11(14)10(8)7-9/h1-2,7H,3-6H2. The lowest BCUT2D eigenvalue weighted by molar-refractivity contribution is 0.0880. The molecule has 0 heterocycles. The molecule has 0 saturated heterocycles. The van der Waals surface area contributed by atoms with Gasteiger partial charge in [-0.2, -0.15) is 0 Å². The number of carbonyl (C=O) groups excluding carboxylic acids is 1. The second-order valence-corrected chi connectivity index (χ2v) is 5.33. The van der Waals surface area contributed by atoms with Crippen LogP contribution in [0, 0.1) is 5.41 Å². The molecule has 14 heavy (non-hydrogen) atoms. The second kappa shape index (κ2) is 2.69. The van der Waals surface area contributed by atoms with Crippen LogP contribution in [-0.2, 0) is 6.42 Å². The van der Waals surface area contributed by atoms with E-state index in [9.17, 15) is 4.79 Å². The second-order valence-electron chi connectivity index (χ2n) is 4.41. The fourth-order valence-corrected chi connectivity index (χ4v) is 2.74. The molecule has 1 nitrogen and oxygen atoms in total. The third kappa shape index (κ3) is 1.10. The van der Waals surface area contributed by atoms with Crippen molar-refractivity contribution in [1.82, 2.24) is 0 Å². The molecule has 1 saturated carbocycles. The predicted octanol–water partition coefficient (Wildman–Crippen LogP) is 3.36. The Kier molecular flexibility index (Phi) is 1.67. The number of carbonyl (C=O) groups is 1. The summed E-state index contributed by atoms with van der Waals surface area (Å²) in [7, 11) is 0. The number of hydrogen-bond donors (Lipinski definition) is 0. The third-order valence-corrected chi connectivity index (χ3v) is 4.02. The highest BCUT2D eigenvalue weighted by Gasteiger charge is 2.51. The molecule has 0 unspecified atom stereocenters. The highest BCUT2D eigenvalue weighted by molar-refractivity contribution is 9.10. The normalized spacial score (nSPS) is 22.2. The summed E-state index contributed by atoms with van der Waals surface area (Å²) >= 11 is 3.42. The van der Waals surface area contributed by atoms with Gasteiger partial charge in [0.1, 0.15) is 0 Å². The molecular weight excluding hydrogens is 240 g/mol. The molecule has 0 bridgehead atoms. The smallest absolute Gasteiger partial charge is 0.169 e. The van der Waals surface area contributed by atoms with Crippen molar-refractivity contribution in [2.75, 3.05) is 0 Å². The van der Waals surface area contributed by atoms with Crippen LogP contribution in [0.3, 0.4) is 0 Å². The predicted molar refractivity (Wildman–Crippen MR) is 58.5 cm³/mol. The van der Waals surface area contributed by atoms with Gasteiger partial charge in [-0.05, 0) is 43.4 Å². The summed E-state index contributed by atoms with van der Waals surface area (Å²) in [5.41, 5.74) is 2.26. The molecule has 1 fully saturated rings. The zero-order valence-electron chi connectivity index (χ0n) is 7.85. The molecular formula is C12H11BrO. The van der Waals surface area contributed by atoms with Gasteiger partial charge in [0.15, 0.2) is 5.78 Å². The monoisotopic (exact) mass is 250 g/mol. The minimum atomic E-state index is 0.0633. The molecule has 0 aromatic heterocycles. The van der Waals surface area contributed by atoms with Crippen LogP contribution in [0.4, 0.5) is 0 Å². The van der Waals surface area contributed by atoms with E-state index >= 15 is 0 Å². The minimum absolute atomic E-state index is 0.0633. The van der Waals surface area contributed by atoms with Gasteiger partial charge < -0.3 is 0 Å². The van der Waals surface area contributed by atoms with E-state index in [1.165, 1.54) is 5.56 Å². The first-order valence-electron chi connectivity index (χ1n) is 5.05. The van der Waals surface area contributed by atoms with Crippen LogP contribution < -0.4 is 0 Å². The SMILES string of the molecule is O=C1c2cc(Br)ccc2CCC12CC2. The van der Waals surface area contributed by atoms with E-state index in [0.29, 0.717) is 5.78 Å². The number of ketones is 1. The Morgan fingerprint density at radius 3 is 2.71 bits per heavy atom. The van der Waals surface area contributed by atoms with E-state index in [4.69, 9.17) is 0 Å². The maximum atomic E-state index is 12.1. The Balaban J connectivity index is 2.13. The number of halogens is 1. The molecule has 1 aromatic rings. The first-order valence-corrected chi connectivity index (χ1v) is 5.84. The van der Waals surface area contributed by atoms with Gasteiger partial charge in [-0.3, -0.25) is 4.79 Å². The summed E-state index contributed by atoms with van der Waals surface area (Å²) < 4.78 is 1.02. The van der Waals surface area contributed by atoms with Crippen molar-refractivity contribution in [3.8, 4) is 0 Å². The molecule has 2 heteroatoms. The summed E-state index contributed by atoms with van der Waals surface area (Å²) in [4.78, 5) is 12.1. The van der Waals surface area contributed by atoms with E-state index in [0.717, 1.165) is 35.7 Å². The van der Waals surface area contributed by atoms with Gasteiger partial charge in [-0.15, -0.1) is 0 Å². The van der Waals surface area contributed by atoms with E-state index in [-0.39, 0.29) is 5.41 Å². The zero-order valence-corrected chi connectivity index (χ0v) is 9.43. The number of benzene rings is 1. The summed E-state index contributed by atoms with van der Waals surface area (Å²) in [6, 6.07) is 6.08. The van der Waals surface area contributed by atoms with Gasteiger partial charge in [0.2, 0.25) is 0 Å². The van der Waals surface area contributed by atoms with E-state index in [2.05, 4.69) is 22.0 Å². The van der Waals surface area contributed by atoms with Crippen molar-refractivity contribution >= 4 is 21.7 Å². The lowest BCUT2D eigenvalue weighted by atomic mass is 9.80. The Morgan fingerprint density at radius 2 is 2.00 bits per heavy atom. The van der Waals surface area contributed by atoms with Crippen LogP contribution in [-0.4, -0.2) is 5.78 Å². The van der Waals surface area contributed by atoms with Crippen LogP contribution in [0.5, 0.6) is 0 Å². The van der Waals surface area contributed by atoms with Crippen molar-refractivity contribution in [3.63, 3.8) is 0 Å². The van der Waals surface area contributed by atoms with Crippen molar-refractivity contribution < 1.29 is 4.79 Å². The van der Waals surface area contributed by atoms with Crippen LogP contribution in [0.15, 0.2) is 22.7 Å². The van der Waals surface area contributed by atoms with Gasteiger partial charge in [0.05, 0.1) is 0 Å². The molecule has 1 spiro atoms. The van der Waals surface area contributed by atoms with E-state index in [1.54, 1.807) is 0 Å². The molecule has 0 N–H and O–H groups in total. The van der Waals surface area contributed by atoms with Gasteiger partial charge in [-0.1, -0.05) is 22.0 Å². The Labute approximate surface area is 91.6 Å². The molecule has 0 aliphatic heterocycles. The maximum absolute atomic E-state index is 12.1. The van der Waals surface area contributed by atoms with Gasteiger partial charge in [0.25, 0.3) is 0 Å². The van der Waals surface area contributed by atoms with Crippen LogP contribution >= 0.6 is 15.9 Å². The number of aryl methyl sites for hydroxylation is 1. The molecule has 72 valence electrons. The molecule has 0 atom stereocenters. The summed E-state index contributed by atoms with van der Waals surface area (Å²) in [6.45, 7) is 0. The largest absolute Gasteiger partial charge is 0.294 e. The van der Waals surface area contributed by atoms with Gasteiger partial charge >= 0.3 is 0 Å². The average Bonchev–Trinajstić information content (AvgIpc) is 2.94. The van der Waals surface area contributed by atoms with Crippen molar-refractivity contribution in [1.29, 1.82) is 0 Å². The number of Topliss-reactive ketones (excluding diaryl/α,β-unsaturated/α-hetero) is 1. The Bertz CT molecular complexity index is 418. The molecule has 1 aromatic carbocycles. The molecule has 0 radical (unpaired) electrons. The minimum Gasteiger partial charge on any atom is -0.294 e. The topological polar surface area (TPSA) is 17.1 Å². The maximum Gasteiger partial charge on any atom is 0.169 e. The fraction of sp³-hybridized carbons (Fsp3) is 0.417. The number of fused-ring (bicyclic) bond motifs is 1. The zero-order chi connectivity index (χ0) is 9.76. The highest BCUT2D eigenvalue weighted by atomic mass is 79.9. The molecule has 2 aliphatic carbocycles. The summed E-state index contributed by atoms with van der Waals surface area (Å²) in [5, 5.41) is 0. The number of hydrogen-bond acceptors (Lipinski definition) is 1. The molecule has 2 aliphatic rings. The average molecular weight is 251 g/mol. The lowest BCUT2D eigenvalue weighted by Gasteiger charge is -2.22. The van der Waals surface area contributed by atoms with E-state index < -0.39 is 0 Å². The molecule has 3 rings (SSSR count). The van der Waals surface area contributed by atoms with Crippen LogP contribution in [0.25, 0.3) is 0 Å². The third-order valence-electron chi connectivity index (χ3n) is 3.52. The quantitative estimate of drug-likeness (QED) is 0.691. The van der Waals surface area contributed by atoms with Crippen molar-refractivity contribution in [3.05, 3.63) is 33.8 Å². The Morgan fingerprint density at radius 1 is 1.21 bits per heavy atom.